The molecule has 4 nitrogen and oxygen atoms in total. The molecule has 1 N–H and O–H groups in total. The average Bonchev–Trinajstić information content (AvgIpc) is 2.16. The quantitative estimate of drug-likeness (QED) is 0.903. The number of hydrogen-bond acceptors (Lipinski definition) is 3. The van der Waals surface area contributed by atoms with Gasteiger partial charge in [-0.2, -0.15) is 0 Å². The molecule has 16 heavy (non-hydrogen) atoms. The van der Waals surface area contributed by atoms with Crippen molar-refractivity contribution in [3.8, 4) is 0 Å². The maximum atomic E-state index is 11.8. The second-order valence-corrected chi connectivity index (χ2v) is 5.29. The normalized spacial score (nSPS) is 11.2. The van der Waals surface area contributed by atoms with Gasteiger partial charge in [0.2, 0.25) is 5.91 Å². The van der Waals surface area contributed by atoms with Crippen LogP contribution in [0.4, 0.5) is 0 Å². The lowest BCUT2D eigenvalue weighted by atomic mass is 10.2. The summed E-state index contributed by atoms with van der Waals surface area (Å²) in [5.41, 5.74) is 0.504. The molecule has 0 aliphatic carbocycles. The van der Waals surface area contributed by atoms with Gasteiger partial charge < -0.3 is 0 Å². The number of amides is 1. The van der Waals surface area contributed by atoms with E-state index in [1.54, 1.807) is 26.0 Å². The lowest BCUT2D eigenvalue weighted by Crippen LogP contribution is -2.30. The van der Waals surface area contributed by atoms with Crippen molar-refractivity contribution in [3.63, 3.8) is 0 Å². The molecule has 1 aromatic carbocycles. The first-order valence-corrected chi connectivity index (χ1v) is 6.55. The van der Waals surface area contributed by atoms with E-state index >= 15 is 0 Å². The predicted octanol–water partition coefficient (Wildman–Crippen LogP) is 1.86. The summed E-state index contributed by atoms with van der Waals surface area (Å²) < 4.78 is 25.6. The zero-order valence-electron chi connectivity index (χ0n) is 8.95. The number of carbonyl (C=O) groups excluding carboxylic acids is 1. The van der Waals surface area contributed by atoms with Crippen molar-refractivity contribution in [1.82, 2.24) is 4.72 Å². The van der Waals surface area contributed by atoms with E-state index in [9.17, 15) is 13.2 Å². The first-order chi connectivity index (χ1) is 7.38. The molecule has 1 rings (SSSR count). The number of sulfonamides is 1. The van der Waals surface area contributed by atoms with Crippen LogP contribution in [0.2, 0.25) is 5.02 Å². The van der Waals surface area contributed by atoms with Gasteiger partial charge in [0, 0.05) is 6.42 Å². The van der Waals surface area contributed by atoms with Crippen molar-refractivity contribution < 1.29 is 13.2 Å². The molecule has 0 spiro atoms. The standard InChI is InChI=1S/C10H12ClNO3S/c1-3-9(13)12-16(14,15)10-7(2)5-4-6-8(10)11/h4-6H,3H2,1-2H3,(H,12,13). The molecule has 1 aromatic rings. The second kappa shape index (κ2) is 4.84. The molecule has 6 heteroatoms. The van der Waals surface area contributed by atoms with Crippen molar-refractivity contribution >= 4 is 27.5 Å². The third-order valence-electron chi connectivity index (χ3n) is 2.00. The summed E-state index contributed by atoms with van der Waals surface area (Å²) in [4.78, 5) is 11.0. The minimum Gasteiger partial charge on any atom is -0.274 e. The van der Waals surface area contributed by atoms with Gasteiger partial charge in [0.15, 0.2) is 0 Å². The topological polar surface area (TPSA) is 63.2 Å². The van der Waals surface area contributed by atoms with E-state index < -0.39 is 15.9 Å². The monoisotopic (exact) mass is 261 g/mol. The van der Waals surface area contributed by atoms with Gasteiger partial charge in [0.05, 0.1) is 5.02 Å². The molecule has 0 fully saturated rings. The molecular weight excluding hydrogens is 250 g/mol. The fraction of sp³-hybridized carbons (Fsp3) is 0.300. The maximum Gasteiger partial charge on any atom is 0.265 e. The summed E-state index contributed by atoms with van der Waals surface area (Å²) in [5, 5.41) is 0.108. The molecule has 0 aromatic heterocycles. The van der Waals surface area contributed by atoms with Crippen LogP contribution in [0.3, 0.4) is 0 Å². The first-order valence-electron chi connectivity index (χ1n) is 4.69. The Labute approximate surface area is 99.7 Å². The summed E-state index contributed by atoms with van der Waals surface area (Å²) in [6.45, 7) is 3.20. The Balaban J connectivity index is 3.23. The van der Waals surface area contributed by atoms with Crippen LogP contribution in [0.5, 0.6) is 0 Å². The van der Waals surface area contributed by atoms with Gasteiger partial charge in [-0.15, -0.1) is 0 Å². The van der Waals surface area contributed by atoms with Crippen LogP contribution in [0.25, 0.3) is 0 Å². The van der Waals surface area contributed by atoms with Gasteiger partial charge in [0.1, 0.15) is 4.90 Å². The molecule has 0 heterocycles. The minimum absolute atomic E-state index is 0.0431. The summed E-state index contributed by atoms with van der Waals surface area (Å²) in [5.74, 6) is -0.556. The number of benzene rings is 1. The Morgan fingerprint density at radius 3 is 2.56 bits per heavy atom. The Hall–Kier alpha value is -1.07. The van der Waals surface area contributed by atoms with Crippen LogP contribution >= 0.6 is 11.6 Å². The van der Waals surface area contributed by atoms with Crippen molar-refractivity contribution in [3.05, 3.63) is 28.8 Å². The third kappa shape index (κ3) is 2.74. The number of nitrogens with one attached hydrogen (secondary N) is 1. The van der Waals surface area contributed by atoms with Crippen molar-refractivity contribution in [2.24, 2.45) is 0 Å². The van der Waals surface area contributed by atoms with Gasteiger partial charge in [-0.05, 0) is 18.6 Å². The molecule has 1 amide bonds. The second-order valence-electron chi connectivity index (χ2n) is 3.27. The Bertz CT molecular complexity index is 491. The lowest BCUT2D eigenvalue weighted by molar-refractivity contribution is -0.119. The van der Waals surface area contributed by atoms with Crippen LogP contribution in [0.1, 0.15) is 18.9 Å². The molecular formula is C10H12ClNO3S. The number of aryl methyl sites for hydroxylation is 1. The van der Waals surface area contributed by atoms with Crippen LogP contribution in [0.15, 0.2) is 23.1 Å². The molecule has 0 bridgehead atoms. The summed E-state index contributed by atoms with van der Waals surface area (Å²) >= 11 is 5.81. The number of rotatable bonds is 3. The third-order valence-corrected chi connectivity index (χ3v) is 4.00. The highest BCUT2D eigenvalue weighted by molar-refractivity contribution is 7.90. The molecule has 0 unspecified atom stereocenters. The van der Waals surface area contributed by atoms with Crippen LogP contribution < -0.4 is 4.72 Å². The van der Waals surface area contributed by atoms with Gasteiger partial charge in [-0.25, -0.2) is 13.1 Å². The van der Waals surface area contributed by atoms with Crippen LogP contribution in [0, 0.1) is 6.92 Å². The smallest absolute Gasteiger partial charge is 0.265 e. The summed E-state index contributed by atoms with van der Waals surface area (Å²) in [7, 11) is -3.86. The Morgan fingerprint density at radius 1 is 1.44 bits per heavy atom. The van der Waals surface area contributed by atoms with Crippen LogP contribution in [-0.4, -0.2) is 14.3 Å². The van der Waals surface area contributed by atoms with E-state index in [0.717, 1.165) is 0 Å². The SMILES string of the molecule is CCC(=O)NS(=O)(=O)c1c(C)cccc1Cl. The van der Waals surface area contributed by atoms with Crippen molar-refractivity contribution in [1.29, 1.82) is 0 Å². The lowest BCUT2D eigenvalue weighted by Gasteiger charge is -2.09. The fourth-order valence-electron chi connectivity index (χ4n) is 1.23. The predicted molar refractivity (Wildman–Crippen MR) is 61.8 cm³/mol. The van der Waals surface area contributed by atoms with E-state index in [0.29, 0.717) is 5.56 Å². The van der Waals surface area contributed by atoms with Crippen LogP contribution in [-0.2, 0) is 14.8 Å². The Morgan fingerprint density at radius 2 is 2.06 bits per heavy atom. The molecule has 88 valence electrons. The highest BCUT2D eigenvalue weighted by Crippen LogP contribution is 2.24. The highest BCUT2D eigenvalue weighted by atomic mass is 35.5. The van der Waals surface area contributed by atoms with Gasteiger partial charge in [0.25, 0.3) is 10.0 Å². The molecule has 0 radical (unpaired) electrons. The molecule has 0 atom stereocenters. The molecule has 0 aliphatic heterocycles. The zero-order valence-corrected chi connectivity index (χ0v) is 10.5. The first kappa shape index (κ1) is 13.0. The summed E-state index contributed by atoms with van der Waals surface area (Å²) in [6.07, 6.45) is 0.0999. The minimum atomic E-state index is -3.86. The fourth-order valence-corrected chi connectivity index (χ4v) is 3.12. The van der Waals surface area contributed by atoms with Crippen molar-refractivity contribution in [2.75, 3.05) is 0 Å². The molecule has 0 aliphatic rings. The van der Waals surface area contributed by atoms with E-state index in [4.69, 9.17) is 11.6 Å². The number of carbonyl (C=O) groups is 1. The van der Waals surface area contributed by atoms with Gasteiger partial charge in [-0.1, -0.05) is 30.7 Å². The molecule has 0 saturated heterocycles. The molecule has 0 saturated carbocycles. The highest BCUT2D eigenvalue weighted by Gasteiger charge is 2.21. The van der Waals surface area contributed by atoms with Gasteiger partial charge in [-0.3, -0.25) is 4.79 Å². The summed E-state index contributed by atoms with van der Waals surface area (Å²) in [6, 6.07) is 4.74. The number of halogens is 1. The number of hydrogen-bond donors (Lipinski definition) is 1. The van der Waals surface area contributed by atoms with E-state index in [1.807, 2.05) is 4.72 Å². The largest absolute Gasteiger partial charge is 0.274 e. The van der Waals surface area contributed by atoms with E-state index in [-0.39, 0.29) is 16.3 Å². The Kier molecular flexibility index (Phi) is 3.93. The van der Waals surface area contributed by atoms with Crippen molar-refractivity contribution in [2.45, 2.75) is 25.2 Å². The van der Waals surface area contributed by atoms with Gasteiger partial charge >= 0.3 is 0 Å². The zero-order chi connectivity index (χ0) is 12.3. The maximum absolute atomic E-state index is 11.8. The van der Waals surface area contributed by atoms with E-state index in [2.05, 4.69) is 0 Å². The van der Waals surface area contributed by atoms with E-state index in [1.165, 1.54) is 6.07 Å². The average molecular weight is 262 g/mol.